The van der Waals surface area contributed by atoms with Crippen LogP contribution in [-0.2, 0) is 16.0 Å². The summed E-state index contributed by atoms with van der Waals surface area (Å²) in [5.41, 5.74) is 0.606. The number of nitrogens with zero attached hydrogens (tertiary/aromatic N) is 1. The van der Waals surface area contributed by atoms with Crippen LogP contribution in [0.5, 0.6) is 0 Å². The quantitative estimate of drug-likeness (QED) is 0.531. The van der Waals surface area contributed by atoms with Gasteiger partial charge in [-0.05, 0) is 25.0 Å². The molecular weight excluding hydrogens is 194 g/mol. The lowest BCUT2D eigenvalue weighted by atomic mass is 10.3. The Balaban J connectivity index is 2.46. The van der Waals surface area contributed by atoms with Crippen LogP contribution in [0.3, 0.4) is 0 Å². The van der Waals surface area contributed by atoms with Gasteiger partial charge in [0.15, 0.2) is 0 Å². The molecule has 1 aromatic heterocycles. The fraction of sp³-hybridized carbons (Fsp3) is 0.545. The van der Waals surface area contributed by atoms with Crippen molar-refractivity contribution in [2.45, 2.75) is 19.4 Å². The van der Waals surface area contributed by atoms with Gasteiger partial charge in [-0.1, -0.05) is 0 Å². The summed E-state index contributed by atoms with van der Waals surface area (Å²) in [5, 5.41) is 0. The average molecular weight is 211 g/mol. The molecule has 0 fully saturated rings. The van der Waals surface area contributed by atoms with E-state index in [4.69, 9.17) is 4.74 Å². The smallest absolute Gasteiger partial charge is 0.354 e. The van der Waals surface area contributed by atoms with E-state index in [1.54, 1.807) is 13.2 Å². The van der Waals surface area contributed by atoms with Gasteiger partial charge in [0.2, 0.25) is 0 Å². The van der Waals surface area contributed by atoms with Crippen molar-refractivity contribution in [2.24, 2.45) is 0 Å². The molecule has 0 saturated carbocycles. The van der Waals surface area contributed by atoms with Gasteiger partial charge in [-0.3, -0.25) is 0 Å². The zero-order valence-electron chi connectivity index (χ0n) is 9.23. The molecule has 0 spiro atoms. The summed E-state index contributed by atoms with van der Waals surface area (Å²) in [6.07, 6.45) is 3.88. The third-order valence-corrected chi connectivity index (χ3v) is 2.22. The molecule has 0 atom stereocenters. The number of carbonyl (C=O) groups excluding carboxylic acids is 1. The lowest BCUT2D eigenvalue weighted by Crippen LogP contribution is -2.10. The SMILES string of the molecule is COCCCCn1cccc1C(=O)OC. The van der Waals surface area contributed by atoms with E-state index in [-0.39, 0.29) is 5.97 Å². The zero-order valence-corrected chi connectivity index (χ0v) is 9.23. The van der Waals surface area contributed by atoms with Gasteiger partial charge in [-0.15, -0.1) is 0 Å². The number of unbranched alkanes of at least 4 members (excludes halogenated alkanes) is 1. The number of ether oxygens (including phenoxy) is 2. The molecule has 84 valence electrons. The molecule has 4 heteroatoms. The topological polar surface area (TPSA) is 40.5 Å². The average Bonchev–Trinajstić information content (AvgIpc) is 2.71. The second kappa shape index (κ2) is 6.24. The molecule has 0 bridgehead atoms. The normalized spacial score (nSPS) is 10.3. The zero-order chi connectivity index (χ0) is 11.1. The van der Waals surface area contributed by atoms with Crippen LogP contribution in [-0.4, -0.2) is 31.4 Å². The minimum Gasteiger partial charge on any atom is -0.464 e. The van der Waals surface area contributed by atoms with Crippen LogP contribution in [0.1, 0.15) is 23.3 Å². The Bertz CT molecular complexity index is 307. The Morgan fingerprint density at radius 3 is 2.87 bits per heavy atom. The van der Waals surface area contributed by atoms with Crippen molar-refractivity contribution in [1.82, 2.24) is 4.57 Å². The maximum Gasteiger partial charge on any atom is 0.354 e. The van der Waals surface area contributed by atoms with E-state index < -0.39 is 0 Å². The molecule has 0 amide bonds. The van der Waals surface area contributed by atoms with Gasteiger partial charge in [0, 0.05) is 26.5 Å². The number of rotatable bonds is 6. The predicted molar refractivity (Wildman–Crippen MR) is 56.9 cm³/mol. The largest absolute Gasteiger partial charge is 0.464 e. The van der Waals surface area contributed by atoms with Gasteiger partial charge >= 0.3 is 5.97 Å². The van der Waals surface area contributed by atoms with Gasteiger partial charge in [0.05, 0.1) is 7.11 Å². The molecule has 1 aromatic rings. The number of hydrogen-bond donors (Lipinski definition) is 0. The van der Waals surface area contributed by atoms with Gasteiger partial charge in [0.25, 0.3) is 0 Å². The third-order valence-electron chi connectivity index (χ3n) is 2.22. The number of aromatic nitrogens is 1. The van der Waals surface area contributed by atoms with E-state index in [2.05, 4.69) is 4.74 Å². The first kappa shape index (κ1) is 11.8. The molecule has 0 N–H and O–H groups in total. The Morgan fingerprint density at radius 1 is 1.40 bits per heavy atom. The monoisotopic (exact) mass is 211 g/mol. The van der Waals surface area contributed by atoms with Crippen molar-refractivity contribution in [1.29, 1.82) is 0 Å². The first-order valence-electron chi connectivity index (χ1n) is 5.02. The van der Waals surface area contributed by atoms with Crippen molar-refractivity contribution in [2.75, 3.05) is 20.8 Å². The van der Waals surface area contributed by atoms with E-state index in [0.717, 1.165) is 26.0 Å². The van der Waals surface area contributed by atoms with Crippen LogP contribution in [0.4, 0.5) is 0 Å². The van der Waals surface area contributed by atoms with Crippen LogP contribution in [0.25, 0.3) is 0 Å². The Hall–Kier alpha value is -1.29. The van der Waals surface area contributed by atoms with Crippen LogP contribution in [0.2, 0.25) is 0 Å². The molecule has 0 aliphatic heterocycles. The number of esters is 1. The van der Waals surface area contributed by atoms with E-state index in [1.165, 1.54) is 7.11 Å². The van der Waals surface area contributed by atoms with Crippen molar-refractivity contribution in [3.05, 3.63) is 24.0 Å². The molecule has 0 radical (unpaired) electrons. The molecule has 1 rings (SSSR count). The fourth-order valence-corrected chi connectivity index (χ4v) is 1.43. The summed E-state index contributed by atoms with van der Waals surface area (Å²) < 4.78 is 11.5. The standard InChI is InChI=1S/C11H17NO3/c1-14-9-4-3-7-12-8-5-6-10(12)11(13)15-2/h5-6,8H,3-4,7,9H2,1-2H3. The van der Waals surface area contributed by atoms with Crippen LogP contribution >= 0.6 is 0 Å². The summed E-state index contributed by atoms with van der Waals surface area (Å²) >= 11 is 0. The lowest BCUT2D eigenvalue weighted by Gasteiger charge is -2.07. The molecule has 0 aromatic carbocycles. The van der Waals surface area contributed by atoms with Gasteiger partial charge in [0.1, 0.15) is 5.69 Å². The minimum atomic E-state index is -0.285. The number of aryl methyl sites for hydroxylation is 1. The highest BCUT2D eigenvalue weighted by molar-refractivity contribution is 5.87. The van der Waals surface area contributed by atoms with E-state index in [9.17, 15) is 4.79 Å². The number of carbonyl (C=O) groups is 1. The van der Waals surface area contributed by atoms with Gasteiger partial charge in [-0.2, -0.15) is 0 Å². The highest BCUT2D eigenvalue weighted by Crippen LogP contribution is 2.06. The summed E-state index contributed by atoms with van der Waals surface area (Å²) in [7, 11) is 3.08. The molecule has 1 heterocycles. The summed E-state index contributed by atoms with van der Waals surface area (Å²) in [6, 6.07) is 3.62. The first-order chi connectivity index (χ1) is 7.29. The van der Waals surface area contributed by atoms with Gasteiger partial charge in [-0.25, -0.2) is 4.79 Å². The summed E-state index contributed by atoms with van der Waals surface area (Å²) in [6.45, 7) is 1.58. The second-order valence-corrected chi connectivity index (χ2v) is 3.28. The molecule has 0 aliphatic carbocycles. The van der Waals surface area contributed by atoms with Gasteiger partial charge < -0.3 is 14.0 Å². The Morgan fingerprint density at radius 2 is 2.20 bits per heavy atom. The highest BCUT2D eigenvalue weighted by atomic mass is 16.5. The summed E-state index contributed by atoms with van der Waals surface area (Å²) in [4.78, 5) is 11.3. The van der Waals surface area contributed by atoms with E-state index in [0.29, 0.717) is 5.69 Å². The fourth-order valence-electron chi connectivity index (χ4n) is 1.43. The van der Waals surface area contributed by atoms with E-state index in [1.807, 2.05) is 16.8 Å². The Labute approximate surface area is 89.8 Å². The van der Waals surface area contributed by atoms with E-state index >= 15 is 0 Å². The number of hydrogen-bond acceptors (Lipinski definition) is 3. The number of methoxy groups -OCH3 is 2. The third kappa shape index (κ3) is 3.40. The van der Waals surface area contributed by atoms with Crippen molar-refractivity contribution >= 4 is 5.97 Å². The molecule has 0 saturated heterocycles. The minimum absolute atomic E-state index is 0.285. The maximum absolute atomic E-state index is 11.3. The molecule has 4 nitrogen and oxygen atoms in total. The van der Waals surface area contributed by atoms with Crippen LogP contribution < -0.4 is 0 Å². The van der Waals surface area contributed by atoms with Crippen molar-refractivity contribution < 1.29 is 14.3 Å². The highest BCUT2D eigenvalue weighted by Gasteiger charge is 2.09. The maximum atomic E-state index is 11.3. The molecule has 15 heavy (non-hydrogen) atoms. The Kier molecular flexibility index (Phi) is 4.90. The van der Waals surface area contributed by atoms with Crippen LogP contribution in [0, 0.1) is 0 Å². The van der Waals surface area contributed by atoms with Crippen molar-refractivity contribution in [3.8, 4) is 0 Å². The lowest BCUT2D eigenvalue weighted by molar-refractivity contribution is 0.0588. The molecule has 0 unspecified atom stereocenters. The summed E-state index contributed by atoms with van der Waals surface area (Å²) in [5.74, 6) is -0.285. The first-order valence-corrected chi connectivity index (χ1v) is 5.02. The molecule has 0 aliphatic rings. The van der Waals surface area contributed by atoms with Crippen molar-refractivity contribution in [3.63, 3.8) is 0 Å². The second-order valence-electron chi connectivity index (χ2n) is 3.28. The molecular formula is C11H17NO3. The predicted octanol–water partition coefficient (Wildman–Crippen LogP) is 1.70. The van der Waals surface area contributed by atoms with Crippen LogP contribution in [0.15, 0.2) is 18.3 Å².